The molecule has 0 aromatic heterocycles. The average Bonchev–Trinajstić information content (AvgIpc) is 2.46. The van der Waals surface area contributed by atoms with E-state index in [0.29, 0.717) is 10.1 Å². The first-order valence-corrected chi connectivity index (χ1v) is 8.13. The highest BCUT2D eigenvalue weighted by Crippen LogP contribution is 2.37. The van der Waals surface area contributed by atoms with E-state index in [4.69, 9.17) is 11.6 Å². The molecule has 2 rings (SSSR count). The van der Waals surface area contributed by atoms with Gasteiger partial charge in [-0.3, -0.25) is 10.1 Å². The number of nitrogens with one attached hydrogen (secondary N) is 1. The summed E-state index contributed by atoms with van der Waals surface area (Å²) in [5.41, 5.74) is 3.99. The van der Waals surface area contributed by atoms with Gasteiger partial charge in [0.05, 0.1) is 15.0 Å². The summed E-state index contributed by atoms with van der Waals surface area (Å²) < 4.78 is 0. The summed E-state index contributed by atoms with van der Waals surface area (Å²) in [6.45, 7) is 9.86. The first-order chi connectivity index (χ1) is 10.8. The Balaban J connectivity index is 2.20. The number of hydrogen-bond donors (Lipinski definition) is 1. The lowest BCUT2D eigenvalue weighted by Gasteiger charge is -2.14. The molecule has 0 aliphatic carbocycles. The zero-order valence-electron chi connectivity index (χ0n) is 13.1. The number of thioether (sulfide) groups is 1. The Kier molecular flexibility index (Phi) is 5.34. The lowest BCUT2D eigenvalue weighted by Crippen LogP contribution is -1.98. The normalized spacial score (nSPS) is 10.4. The van der Waals surface area contributed by atoms with Crippen molar-refractivity contribution in [2.45, 2.75) is 25.7 Å². The summed E-state index contributed by atoms with van der Waals surface area (Å²) in [5.74, 6) is 0. The van der Waals surface area contributed by atoms with Gasteiger partial charge in [0.15, 0.2) is 0 Å². The Hall–Kier alpha value is -1.98. The maximum absolute atomic E-state index is 10.9. The van der Waals surface area contributed by atoms with E-state index in [1.165, 1.54) is 23.9 Å². The summed E-state index contributed by atoms with van der Waals surface area (Å²) in [6.07, 6.45) is 0. The van der Waals surface area contributed by atoms with Crippen LogP contribution in [-0.2, 0) is 0 Å². The summed E-state index contributed by atoms with van der Waals surface area (Å²) >= 11 is 7.55. The molecule has 0 bridgehead atoms. The lowest BCUT2D eigenvalue weighted by atomic mass is 10.1. The summed E-state index contributed by atoms with van der Waals surface area (Å²) in [5, 5.41) is 15.2. The van der Waals surface area contributed by atoms with E-state index in [0.717, 1.165) is 27.3 Å². The minimum absolute atomic E-state index is 0.00931. The van der Waals surface area contributed by atoms with E-state index in [1.807, 2.05) is 32.0 Å². The van der Waals surface area contributed by atoms with Gasteiger partial charge in [-0.05, 0) is 43.5 Å². The zero-order valence-corrected chi connectivity index (χ0v) is 14.7. The van der Waals surface area contributed by atoms with Crippen molar-refractivity contribution in [2.75, 3.05) is 5.32 Å². The van der Waals surface area contributed by atoms with Crippen molar-refractivity contribution in [3.05, 3.63) is 73.8 Å². The zero-order chi connectivity index (χ0) is 17.1. The quantitative estimate of drug-likeness (QED) is 0.418. The van der Waals surface area contributed by atoms with Gasteiger partial charge >= 0.3 is 0 Å². The molecule has 0 fully saturated rings. The third-order valence-corrected chi connectivity index (χ3v) is 4.82. The van der Waals surface area contributed by atoms with Crippen LogP contribution in [0.5, 0.6) is 0 Å². The van der Waals surface area contributed by atoms with E-state index in [9.17, 15) is 10.1 Å². The number of aryl methyl sites for hydroxylation is 3. The molecule has 2 aromatic carbocycles. The van der Waals surface area contributed by atoms with Gasteiger partial charge in [0.2, 0.25) is 0 Å². The Labute approximate surface area is 144 Å². The summed E-state index contributed by atoms with van der Waals surface area (Å²) in [6, 6.07) is 9.01. The predicted octanol–water partition coefficient (Wildman–Crippen LogP) is 5.85. The molecule has 23 heavy (non-hydrogen) atoms. The molecule has 6 heteroatoms. The fraction of sp³-hybridized carbons (Fsp3) is 0.176. The van der Waals surface area contributed by atoms with Gasteiger partial charge in [-0.25, -0.2) is 0 Å². The van der Waals surface area contributed by atoms with Crippen LogP contribution in [0.2, 0.25) is 5.02 Å². The largest absolute Gasteiger partial charge is 0.350 e. The van der Waals surface area contributed by atoms with Gasteiger partial charge in [0.25, 0.3) is 5.69 Å². The number of benzene rings is 2. The fourth-order valence-electron chi connectivity index (χ4n) is 2.12. The molecule has 0 saturated heterocycles. The van der Waals surface area contributed by atoms with E-state index in [-0.39, 0.29) is 5.69 Å². The molecule has 0 radical (unpaired) electrons. The van der Waals surface area contributed by atoms with Crippen LogP contribution in [0.15, 0.2) is 46.8 Å². The molecule has 2 aromatic rings. The molecule has 0 unspecified atom stereocenters. The number of nitrogens with zero attached hydrogens (tertiary/aromatic N) is 1. The van der Waals surface area contributed by atoms with Gasteiger partial charge in [0, 0.05) is 22.7 Å². The second-order valence-electron chi connectivity index (χ2n) is 5.30. The molecule has 1 N–H and O–H groups in total. The number of halogens is 1. The standard InChI is InChI=1S/C17H17ClN2O2S/c1-10-5-6-11(2)16(7-10)19-13(4)23-17-12(3)8-14(20(21)22)9-15(17)18/h5-9,19H,4H2,1-3H3. The van der Waals surface area contributed by atoms with Gasteiger partial charge in [-0.1, -0.05) is 42.1 Å². The fourth-order valence-corrected chi connectivity index (χ4v) is 3.28. The van der Waals surface area contributed by atoms with Crippen molar-refractivity contribution in [1.82, 2.24) is 0 Å². The van der Waals surface area contributed by atoms with Crippen LogP contribution in [-0.4, -0.2) is 4.92 Å². The predicted molar refractivity (Wildman–Crippen MR) is 97.4 cm³/mol. The highest BCUT2D eigenvalue weighted by Gasteiger charge is 2.15. The highest BCUT2D eigenvalue weighted by atomic mass is 35.5. The Morgan fingerprint density at radius 2 is 1.91 bits per heavy atom. The van der Waals surface area contributed by atoms with Crippen LogP contribution < -0.4 is 5.32 Å². The third-order valence-electron chi connectivity index (χ3n) is 3.32. The Morgan fingerprint density at radius 3 is 2.52 bits per heavy atom. The second-order valence-corrected chi connectivity index (χ2v) is 6.81. The van der Waals surface area contributed by atoms with E-state index < -0.39 is 4.92 Å². The van der Waals surface area contributed by atoms with Gasteiger partial charge in [-0.2, -0.15) is 0 Å². The number of nitro benzene ring substituents is 1. The van der Waals surface area contributed by atoms with Crippen molar-refractivity contribution >= 4 is 34.7 Å². The molecule has 4 nitrogen and oxygen atoms in total. The first-order valence-electron chi connectivity index (χ1n) is 6.93. The van der Waals surface area contributed by atoms with Crippen molar-refractivity contribution in [2.24, 2.45) is 0 Å². The third kappa shape index (κ3) is 4.27. The lowest BCUT2D eigenvalue weighted by molar-refractivity contribution is -0.384. The molecular formula is C17H17ClN2O2S. The van der Waals surface area contributed by atoms with Crippen molar-refractivity contribution < 1.29 is 4.92 Å². The average molecular weight is 349 g/mol. The number of rotatable bonds is 5. The van der Waals surface area contributed by atoms with Crippen LogP contribution in [0, 0.1) is 30.9 Å². The molecule has 0 heterocycles. The molecule has 0 spiro atoms. The smallest absolute Gasteiger partial charge is 0.271 e. The molecule has 0 aliphatic rings. The summed E-state index contributed by atoms with van der Waals surface area (Å²) in [7, 11) is 0. The number of hydrogen-bond acceptors (Lipinski definition) is 4. The maximum atomic E-state index is 10.9. The second kappa shape index (κ2) is 7.06. The molecule has 120 valence electrons. The molecular weight excluding hydrogens is 332 g/mol. The van der Waals surface area contributed by atoms with Gasteiger partial charge < -0.3 is 5.32 Å². The van der Waals surface area contributed by atoms with Crippen molar-refractivity contribution in [3.63, 3.8) is 0 Å². The van der Waals surface area contributed by atoms with Gasteiger partial charge in [-0.15, -0.1) is 0 Å². The van der Waals surface area contributed by atoms with Crippen LogP contribution in [0.3, 0.4) is 0 Å². The van der Waals surface area contributed by atoms with E-state index in [2.05, 4.69) is 11.9 Å². The van der Waals surface area contributed by atoms with E-state index in [1.54, 1.807) is 6.92 Å². The molecule has 0 saturated carbocycles. The number of non-ortho nitro benzene ring substituents is 1. The minimum atomic E-state index is -0.448. The Bertz CT molecular complexity index is 767. The van der Waals surface area contributed by atoms with Crippen molar-refractivity contribution in [3.8, 4) is 0 Å². The SMILES string of the molecule is C=C(Nc1cc(C)ccc1C)Sc1c(C)cc([N+](=O)[O-])cc1Cl. The van der Waals surface area contributed by atoms with E-state index >= 15 is 0 Å². The molecule has 0 atom stereocenters. The summed E-state index contributed by atoms with van der Waals surface area (Å²) in [4.78, 5) is 11.2. The van der Waals surface area contributed by atoms with Crippen LogP contribution in [0.1, 0.15) is 16.7 Å². The number of anilines is 1. The van der Waals surface area contributed by atoms with Gasteiger partial charge in [0.1, 0.15) is 0 Å². The maximum Gasteiger partial charge on any atom is 0.271 e. The topological polar surface area (TPSA) is 55.2 Å². The molecule has 0 aliphatic heterocycles. The van der Waals surface area contributed by atoms with Crippen LogP contribution in [0.25, 0.3) is 0 Å². The minimum Gasteiger partial charge on any atom is -0.350 e. The van der Waals surface area contributed by atoms with Crippen LogP contribution in [0.4, 0.5) is 11.4 Å². The van der Waals surface area contributed by atoms with Crippen molar-refractivity contribution in [1.29, 1.82) is 0 Å². The first kappa shape index (κ1) is 17.4. The Morgan fingerprint density at radius 1 is 1.22 bits per heavy atom. The highest BCUT2D eigenvalue weighted by molar-refractivity contribution is 8.03. The van der Waals surface area contributed by atoms with Crippen LogP contribution >= 0.6 is 23.4 Å². The number of nitro groups is 1. The molecule has 0 amide bonds. The monoisotopic (exact) mass is 348 g/mol.